The van der Waals surface area contributed by atoms with E-state index in [1.54, 1.807) is 0 Å². The molecule has 0 radical (unpaired) electrons. The van der Waals surface area contributed by atoms with Crippen molar-refractivity contribution in [1.29, 1.82) is 0 Å². The van der Waals surface area contributed by atoms with Crippen molar-refractivity contribution in [1.82, 2.24) is 4.98 Å². The molecule has 2 rings (SSSR count). The second-order valence-corrected chi connectivity index (χ2v) is 4.31. The van der Waals surface area contributed by atoms with Crippen LogP contribution in [0.25, 0.3) is 11.1 Å². The molecule has 2 aromatic rings. The van der Waals surface area contributed by atoms with E-state index in [0.29, 0.717) is 18.8 Å². The van der Waals surface area contributed by atoms with Crippen molar-refractivity contribution in [3.63, 3.8) is 0 Å². The number of aliphatic hydroxyl groups excluding tert-OH is 2. The summed E-state index contributed by atoms with van der Waals surface area (Å²) in [4.78, 5) is 4.93. The number of hydrogen-bond acceptors (Lipinski definition) is 4. The zero-order chi connectivity index (χ0) is 13.7. The number of H-pyrrole nitrogens is 1. The molecule has 0 saturated carbocycles. The van der Waals surface area contributed by atoms with E-state index in [0.717, 1.165) is 16.8 Å². The molecule has 0 fully saturated rings. The summed E-state index contributed by atoms with van der Waals surface area (Å²) in [6.07, 6.45) is 3.73. The Bertz CT molecular complexity index is 505. The van der Waals surface area contributed by atoms with Gasteiger partial charge in [-0.2, -0.15) is 0 Å². The first-order valence-electron chi connectivity index (χ1n) is 6.25. The third-order valence-electron chi connectivity index (χ3n) is 3.05. The van der Waals surface area contributed by atoms with Gasteiger partial charge in [0.15, 0.2) is 0 Å². The van der Waals surface area contributed by atoms with Gasteiger partial charge in [-0.25, -0.2) is 0 Å². The lowest BCUT2D eigenvalue weighted by atomic mass is 10.1. The van der Waals surface area contributed by atoms with Crippen molar-refractivity contribution in [3.8, 4) is 11.1 Å². The molecular formula is C14H19N3O2. The number of nitrogens with zero attached hydrogens (tertiary/aromatic N) is 1. The Morgan fingerprint density at radius 3 is 2.42 bits per heavy atom. The molecular weight excluding hydrogens is 242 g/mol. The van der Waals surface area contributed by atoms with Crippen LogP contribution in [-0.2, 0) is 0 Å². The normalized spacial score (nSPS) is 10.6. The van der Waals surface area contributed by atoms with Gasteiger partial charge < -0.3 is 25.8 Å². The van der Waals surface area contributed by atoms with Gasteiger partial charge >= 0.3 is 0 Å². The molecule has 0 bridgehead atoms. The van der Waals surface area contributed by atoms with Crippen LogP contribution in [0.2, 0.25) is 0 Å². The van der Waals surface area contributed by atoms with Crippen molar-refractivity contribution in [3.05, 3.63) is 36.7 Å². The topological polar surface area (TPSA) is 85.5 Å². The predicted molar refractivity (Wildman–Crippen MR) is 77.0 cm³/mol. The zero-order valence-corrected chi connectivity index (χ0v) is 10.7. The second-order valence-electron chi connectivity index (χ2n) is 4.31. The monoisotopic (exact) mass is 261 g/mol. The van der Waals surface area contributed by atoms with Crippen molar-refractivity contribution in [2.24, 2.45) is 0 Å². The van der Waals surface area contributed by atoms with E-state index in [1.807, 2.05) is 41.6 Å². The highest BCUT2D eigenvalue weighted by Gasteiger charge is 2.09. The first-order valence-corrected chi connectivity index (χ1v) is 6.25. The molecule has 0 atom stereocenters. The van der Waals surface area contributed by atoms with Gasteiger partial charge in [-0.05, 0) is 24.3 Å². The molecule has 1 aromatic heterocycles. The fourth-order valence-electron chi connectivity index (χ4n) is 2.09. The maximum Gasteiger partial charge on any atom is 0.0606 e. The van der Waals surface area contributed by atoms with E-state index in [4.69, 9.17) is 15.9 Å². The number of nitrogens with two attached hydrogens (primary N) is 1. The van der Waals surface area contributed by atoms with Gasteiger partial charge in [0, 0.05) is 48.0 Å². The average Bonchev–Trinajstić information content (AvgIpc) is 2.93. The molecule has 102 valence electrons. The standard InChI is InChI=1S/C14H19N3O2/c15-14-2-1-12(17(5-7-18)6-8-19)9-13(14)11-3-4-16-10-11/h1-4,9-10,16,18-19H,5-8,15H2. The van der Waals surface area contributed by atoms with Crippen molar-refractivity contribution >= 4 is 11.4 Å². The number of aliphatic hydroxyl groups is 2. The number of hydrogen-bond donors (Lipinski definition) is 4. The van der Waals surface area contributed by atoms with Crippen LogP contribution < -0.4 is 10.6 Å². The molecule has 0 saturated heterocycles. The summed E-state index contributed by atoms with van der Waals surface area (Å²) in [6.45, 7) is 1.06. The molecule has 5 N–H and O–H groups in total. The fourth-order valence-corrected chi connectivity index (χ4v) is 2.09. The Kier molecular flexibility index (Phi) is 4.43. The minimum atomic E-state index is 0.0455. The third-order valence-corrected chi connectivity index (χ3v) is 3.05. The number of benzene rings is 1. The van der Waals surface area contributed by atoms with Crippen LogP contribution in [-0.4, -0.2) is 41.5 Å². The molecule has 0 unspecified atom stereocenters. The zero-order valence-electron chi connectivity index (χ0n) is 10.7. The summed E-state index contributed by atoms with van der Waals surface area (Å²) in [5, 5.41) is 18.2. The van der Waals surface area contributed by atoms with E-state index in [2.05, 4.69) is 4.98 Å². The maximum atomic E-state index is 9.08. The summed E-state index contributed by atoms with van der Waals surface area (Å²) in [7, 11) is 0. The van der Waals surface area contributed by atoms with Gasteiger partial charge in [0.2, 0.25) is 0 Å². The molecule has 0 aliphatic carbocycles. The van der Waals surface area contributed by atoms with E-state index >= 15 is 0 Å². The average molecular weight is 261 g/mol. The van der Waals surface area contributed by atoms with Crippen LogP contribution >= 0.6 is 0 Å². The minimum Gasteiger partial charge on any atom is -0.398 e. The number of rotatable bonds is 6. The Balaban J connectivity index is 2.34. The lowest BCUT2D eigenvalue weighted by molar-refractivity contribution is 0.281. The van der Waals surface area contributed by atoms with Crippen LogP contribution in [0.1, 0.15) is 0 Å². The number of aromatic amines is 1. The van der Waals surface area contributed by atoms with Gasteiger partial charge in [0.1, 0.15) is 0 Å². The highest BCUT2D eigenvalue weighted by molar-refractivity contribution is 5.79. The van der Waals surface area contributed by atoms with E-state index in [9.17, 15) is 0 Å². The summed E-state index contributed by atoms with van der Waals surface area (Å²) < 4.78 is 0. The lowest BCUT2D eigenvalue weighted by Crippen LogP contribution is -2.29. The van der Waals surface area contributed by atoms with Gasteiger partial charge in [-0.1, -0.05) is 0 Å². The molecule has 0 aliphatic rings. The molecule has 5 nitrogen and oxygen atoms in total. The van der Waals surface area contributed by atoms with E-state index in [1.165, 1.54) is 0 Å². The first kappa shape index (κ1) is 13.5. The molecule has 1 aromatic carbocycles. The van der Waals surface area contributed by atoms with Crippen LogP contribution in [0.15, 0.2) is 36.7 Å². The summed E-state index contributed by atoms with van der Waals surface area (Å²) in [5.41, 5.74) is 9.61. The number of nitrogen functional groups attached to an aromatic ring is 1. The summed E-state index contributed by atoms with van der Waals surface area (Å²) in [5.74, 6) is 0. The van der Waals surface area contributed by atoms with Crippen LogP contribution in [0.5, 0.6) is 0 Å². The summed E-state index contributed by atoms with van der Waals surface area (Å²) in [6, 6.07) is 7.68. The van der Waals surface area contributed by atoms with E-state index < -0.39 is 0 Å². The summed E-state index contributed by atoms with van der Waals surface area (Å²) >= 11 is 0. The predicted octanol–water partition coefficient (Wildman–Crippen LogP) is 1.05. The molecule has 5 heteroatoms. The van der Waals surface area contributed by atoms with Gasteiger partial charge in [0.05, 0.1) is 13.2 Å². The Morgan fingerprint density at radius 1 is 1.11 bits per heavy atom. The first-order chi connectivity index (χ1) is 9.26. The fraction of sp³-hybridized carbons (Fsp3) is 0.286. The van der Waals surface area contributed by atoms with Crippen molar-refractivity contribution < 1.29 is 10.2 Å². The Morgan fingerprint density at radius 2 is 1.84 bits per heavy atom. The molecule has 0 amide bonds. The minimum absolute atomic E-state index is 0.0455. The Labute approximate surface area is 112 Å². The highest BCUT2D eigenvalue weighted by atomic mass is 16.3. The van der Waals surface area contributed by atoms with Crippen LogP contribution in [0.3, 0.4) is 0 Å². The molecule has 1 heterocycles. The van der Waals surface area contributed by atoms with Crippen molar-refractivity contribution in [2.75, 3.05) is 36.9 Å². The largest absolute Gasteiger partial charge is 0.398 e. The third kappa shape index (κ3) is 3.07. The number of aromatic nitrogens is 1. The van der Waals surface area contributed by atoms with Crippen LogP contribution in [0, 0.1) is 0 Å². The van der Waals surface area contributed by atoms with Gasteiger partial charge in [0.25, 0.3) is 0 Å². The van der Waals surface area contributed by atoms with Gasteiger partial charge in [-0.3, -0.25) is 0 Å². The molecule has 19 heavy (non-hydrogen) atoms. The highest BCUT2D eigenvalue weighted by Crippen LogP contribution is 2.30. The quantitative estimate of drug-likeness (QED) is 0.586. The van der Waals surface area contributed by atoms with Crippen LogP contribution in [0.4, 0.5) is 11.4 Å². The Hall–Kier alpha value is -1.98. The number of anilines is 2. The number of nitrogens with one attached hydrogen (secondary N) is 1. The maximum absolute atomic E-state index is 9.08. The molecule has 0 spiro atoms. The lowest BCUT2D eigenvalue weighted by Gasteiger charge is -2.24. The molecule has 0 aliphatic heterocycles. The van der Waals surface area contributed by atoms with Gasteiger partial charge in [-0.15, -0.1) is 0 Å². The second kappa shape index (κ2) is 6.26. The van der Waals surface area contributed by atoms with E-state index in [-0.39, 0.29) is 13.2 Å². The smallest absolute Gasteiger partial charge is 0.0606 e. The van der Waals surface area contributed by atoms with Crippen molar-refractivity contribution in [2.45, 2.75) is 0 Å². The SMILES string of the molecule is Nc1ccc(N(CCO)CCO)cc1-c1cc[nH]c1.